The van der Waals surface area contributed by atoms with Crippen LogP contribution in [0.2, 0.25) is 0 Å². The van der Waals surface area contributed by atoms with Gasteiger partial charge in [0.2, 0.25) is 0 Å². The van der Waals surface area contributed by atoms with Gasteiger partial charge in [-0.25, -0.2) is 9.59 Å². The Hall–Kier alpha value is -0.0231. The third kappa shape index (κ3) is 5.60. The van der Waals surface area contributed by atoms with Gasteiger partial charge in [-0.15, -0.1) is 0 Å². The van der Waals surface area contributed by atoms with Crippen LogP contribution in [0.25, 0.3) is 0 Å². The first-order valence-corrected chi connectivity index (χ1v) is 2.28. The Morgan fingerprint density at radius 1 is 0.917 bits per heavy atom. The van der Waals surface area contributed by atoms with Crippen molar-refractivity contribution in [2.75, 3.05) is 0 Å². The molecule has 0 aliphatic heterocycles. The van der Waals surface area contributed by atoms with Gasteiger partial charge in [0.25, 0.3) is 0 Å². The maximum absolute atomic E-state index is 9.77. The molecule has 1 radical (unpaired) electrons. The Kier molecular flexibility index (Phi) is 11.4. The molecule has 0 aromatic rings. The number of aliphatic hydroxyl groups is 2. The van der Waals surface area contributed by atoms with Crippen LogP contribution in [0.3, 0.4) is 0 Å². The zero-order valence-corrected chi connectivity index (χ0v) is 6.32. The van der Waals surface area contributed by atoms with E-state index in [4.69, 9.17) is 20.4 Å². The predicted molar refractivity (Wildman–Crippen MR) is 34.4 cm³/mol. The Morgan fingerprint density at radius 2 is 1.08 bits per heavy atom. The largest absolute Gasteiger partial charge is 0 e. The summed E-state index contributed by atoms with van der Waals surface area (Å²) >= 11 is 0. The van der Waals surface area contributed by atoms with E-state index in [0.29, 0.717) is 0 Å². The van der Waals surface area contributed by atoms with E-state index in [1.807, 2.05) is 0 Å². The second kappa shape index (κ2) is 7.62. The van der Waals surface area contributed by atoms with Crippen molar-refractivity contribution < 1.29 is 47.1 Å². The zero-order valence-electron chi connectivity index (χ0n) is 5.14. The Bertz CT molecular complexity index is 144. The summed E-state index contributed by atoms with van der Waals surface area (Å²) in [5.74, 6) is -3.54. The third-order valence-electron chi connectivity index (χ3n) is 0.805. The Labute approximate surface area is 90.2 Å². The smallest absolute Gasteiger partial charge is 0 e. The molecule has 2 atom stereocenters. The summed E-state index contributed by atoms with van der Waals surface area (Å²) in [5.41, 5.74) is 0. The van der Waals surface area contributed by atoms with Gasteiger partial charge in [-0.3, -0.25) is 0 Å². The molecule has 0 spiro atoms. The van der Waals surface area contributed by atoms with Crippen molar-refractivity contribution in [2.24, 2.45) is 0 Å². The second-order valence-corrected chi connectivity index (χ2v) is 1.57. The molecule has 0 heterocycles. The molecule has 0 bridgehead atoms. The molecular weight excluding hydrogens is 206 g/mol. The Balaban J connectivity index is -0.000000405. The first kappa shape index (κ1) is 17.9. The minimum atomic E-state index is -2.27. The zero-order chi connectivity index (χ0) is 8.31. The van der Waals surface area contributed by atoms with Gasteiger partial charge in [0, 0.05) is 17.1 Å². The number of carbonyl (C=O) groups is 2. The van der Waals surface area contributed by atoms with Gasteiger partial charge >= 0.3 is 30.8 Å². The number of aliphatic hydroxyl groups excluding tert-OH is 2. The van der Waals surface area contributed by atoms with E-state index < -0.39 is 24.1 Å². The van der Waals surface area contributed by atoms with Crippen molar-refractivity contribution in [1.29, 1.82) is 0 Å². The topological polar surface area (TPSA) is 115 Å². The van der Waals surface area contributed by atoms with Crippen LogP contribution in [0.5, 0.6) is 0 Å². The fourth-order valence-electron chi connectivity index (χ4n) is 0.270. The van der Waals surface area contributed by atoms with Crippen molar-refractivity contribution in [3.05, 3.63) is 0 Å². The number of rotatable bonds is 3. The van der Waals surface area contributed by atoms with Crippen LogP contribution < -0.4 is 0 Å². The first-order chi connectivity index (χ1) is 4.46. The van der Waals surface area contributed by atoms with Gasteiger partial charge in [0.05, 0.1) is 0 Å². The number of carboxylic acids is 2. The van der Waals surface area contributed by atoms with E-state index in [-0.39, 0.29) is 35.9 Å². The molecule has 67 valence electrons. The summed E-state index contributed by atoms with van der Waals surface area (Å²) in [6.45, 7) is 0. The standard InChI is InChI=1S/C4H6O6.Li.Mn.H/c5-1(3(7)8)2(6)4(9)10;;;/h1-2,5-6H,(H,7,8)(H,9,10);;;. The molecule has 0 aromatic carbocycles. The summed E-state index contributed by atoms with van der Waals surface area (Å²) in [6, 6.07) is 0. The van der Waals surface area contributed by atoms with E-state index >= 15 is 0 Å². The molecule has 0 aliphatic rings. The van der Waals surface area contributed by atoms with Crippen molar-refractivity contribution in [1.82, 2.24) is 0 Å². The minimum absolute atomic E-state index is 0. The van der Waals surface area contributed by atoms with Gasteiger partial charge in [-0.2, -0.15) is 0 Å². The minimum Gasteiger partial charge on any atom is 0 e. The van der Waals surface area contributed by atoms with Gasteiger partial charge in [0.1, 0.15) is 0 Å². The van der Waals surface area contributed by atoms with E-state index in [1.54, 1.807) is 0 Å². The van der Waals surface area contributed by atoms with Crippen LogP contribution >= 0.6 is 0 Å². The van der Waals surface area contributed by atoms with E-state index in [2.05, 4.69) is 0 Å². The van der Waals surface area contributed by atoms with Crippen LogP contribution in [-0.4, -0.2) is 63.4 Å². The van der Waals surface area contributed by atoms with Crippen LogP contribution in [0.4, 0.5) is 0 Å². The van der Waals surface area contributed by atoms with Crippen LogP contribution in [0, 0.1) is 0 Å². The maximum Gasteiger partial charge on any atom is 0 e. The molecule has 12 heavy (non-hydrogen) atoms. The number of hydrogen-bond acceptors (Lipinski definition) is 4. The molecule has 4 N–H and O–H groups in total. The van der Waals surface area contributed by atoms with E-state index in [9.17, 15) is 9.59 Å². The molecule has 0 amide bonds. The fourth-order valence-corrected chi connectivity index (χ4v) is 0.270. The molecule has 2 unspecified atom stereocenters. The summed E-state index contributed by atoms with van der Waals surface area (Å²) in [5, 5.41) is 32.5. The second-order valence-electron chi connectivity index (χ2n) is 1.57. The summed E-state index contributed by atoms with van der Waals surface area (Å²) in [7, 11) is 0. The summed E-state index contributed by atoms with van der Waals surface area (Å²) in [6.07, 6.45) is -4.53. The molecule has 0 saturated heterocycles. The average Bonchev–Trinajstić information content (AvgIpc) is 1.84. The quantitative estimate of drug-likeness (QED) is 0.377. The average molecular weight is 213 g/mol. The normalized spacial score (nSPS) is 13.2. The molecule has 8 heteroatoms. The van der Waals surface area contributed by atoms with Crippen molar-refractivity contribution in [2.45, 2.75) is 12.2 Å². The Morgan fingerprint density at radius 3 is 1.17 bits per heavy atom. The van der Waals surface area contributed by atoms with Gasteiger partial charge < -0.3 is 20.4 Å². The SMILES string of the molecule is O=C(O)C(O)C(O)C(=O)O.[LiH].[Mn]. The van der Waals surface area contributed by atoms with Gasteiger partial charge in [-0.05, 0) is 0 Å². The third-order valence-corrected chi connectivity index (χ3v) is 0.805. The monoisotopic (exact) mass is 213 g/mol. The van der Waals surface area contributed by atoms with Crippen LogP contribution in [0.15, 0.2) is 0 Å². The number of aliphatic carboxylic acids is 2. The fraction of sp³-hybridized carbons (Fsp3) is 0.500. The molecule has 0 rings (SSSR count). The molecule has 0 aromatic heterocycles. The molecule has 0 saturated carbocycles. The maximum atomic E-state index is 9.77. The molecular formula is C4H7LiMnO6. The van der Waals surface area contributed by atoms with Gasteiger partial charge in [0.15, 0.2) is 12.2 Å². The summed E-state index contributed by atoms with van der Waals surface area (Å²) < 4.78 is 0. The van der Waals surface area contributed by atoms with Gasteiger partial charge in [-0.1, -0.05) is 0 Å². The molecule has 0 aliphatic carbocycles. The van der Waals surface area contributed by atoms with E-state index in [1.165, 1.54) is 0 Å². The molecule has 0 fully saturated rings. The van der Waals surface area contributed by atoms with Crippen molar-refractivity contribution in [3.8, 4) is 0 Å². The number of hydrogen-bond donors (Lipinski definition) is 4. The van der Waals surface area contributed by atoms with Crippen LogP contribution in [0.1, 0.15) is 0 Å². The number of carboxylic acid groups (broad SMARTS) is 2. The summed E-state index contributed by atoms with van der Waals surface area (Å²) in [4.78, 5) is 19.5. The predicted octanol–water partition coefficient (Wildman–Crippen LogP) is -2.77. The van der Waals surface area contributed by atoms with Crippen molar-refractivity contribution >= 4 is 30.8 Å². The van der Waals surface area contributed by atoms with Crippen molar-refractivity contribution in [3.63, 3.8) is 0 Å². The first-order valence-electron chi connectivity index (χ1n) is 2.28. The van der Waals surface area contributed by atoms with Crippen LogP contribution in [-0.2, 0) is 26.7 Å². The van der Waals surface area contributed by atoms with E-state index in [0.717, 1.165) is 0 Å². The molecule has 6 nitrogen and oxygen atoms in total.